The number of ether oxygens (including phenoxy) is 2. The lowest BCUT2D eigenvalue weighted by molar-refractivity contribution is -0.109. The van der Waals surface area contributed by atoms with Gasteiger partial charge in [-0.05, 0) is 48.8 Å². The largest absolute Gasteiger partial charge is 0.490 e. The van der Waals surface area contributed by atoms with Crippen LogP contribution in [0.5, 0.6) is 5.75 Å². The molecule has 2 N–H and O–H groups in total. The van der Waals surface area contributed by atoms with Crippen molar-refractivity contribution in [2.75, 3.05) is 33.5 Å². The van der Waals surface area contributed by atoms with Crippen LogP contribution in [0.4, 0.5) is 9.18 Å². The summed E-state index contributed by atoms with van der Waals surface area (Å²) in [5, 5.41) is 4.27. The normalized spacial score (nSPS) is 14.6. The molecule has 1 saturated carbocycles. The second-order valence-electron chi connectivity index (χ2n) is 6.72. The molecule has 1 aromatic rings. The summed E-state index contributed by atoms with van der Waals surface area (Å²) >= 11 is 1.38. The van der Waals surface area contributed by atoms with Gasteiger partial charge in [0.25, 0.3) is 0 Å². The van der Waals surface area contributed by atoms with Crippen molar-refractivity contribution in [3.63, 3.8) is 0 Å². The highest BCUT2D eigenvalue weighted by atomic mass is 32.2. The van der Waals surface area contributed by atoms with Crippen LogP contribution in [0.25, 0.3) is 0 Å². The standard InChI is InChI=1S/C20H28FN3O4S/c1-15(17-6-7-18(21)19(12-17)28-13-16-4-5-16)23-29-11-3-10-27-14-24(8-9-25)20(26)22-2/h3,6-7,9,11-12,15-16,23H,4-5,8,10,13-14H2,1-2H3,(H,22,26)/b11-3+. The summed E-state index contributed by atoms with van der Waals surface area (Å²) in [5.74, 6) is 0.526. The highest BCUT2D eigenvalue weighted by Gasteiger charge is 2.22. The third-order valence-corrected chi connectivity index (χ3v) is 5.11. The fourth-order valence-corrected chi connectivity index (χ4v) is 2.96. The summed E-state index contributed by atoms with van der Waals surface area (Å²) in [6.07, 6.45) is 4.76. The second kappa shape index (κ2) is 12.5. The molecule has 0 spiro atoms. The highest BCUT2D eigenvalue weighted by molar-refractivity contribution is 8.00. The Balaban J connectivity index is 1.69. The summed E-state index contributed by atoms with van der Waals surface area (Å²) in [6.45, 7) is 2.85. The number of benzene rings is 1. The average molecular weight is 426 g/mol. The van der Waals surface area contributed by atoms with Crippen molar-refractivity contribution < 1.29 is 23.5 Å². The average Bonchev–Trinajstić information content (AvgIpc) is 3.55. The number of hydrogen-bond acceptors (Lipinski definition) is 6. The number of aldehydes is 1. The maximum absolute atomic E-state index is 13.9. The van der Waals surface area contributed by atoms with Crippen molar-refractivity contribution in [2.45, 2.75) is 25.8 Å². The Bertz CT molecular complexity index is 700. The number of carbonyl (C=O) groups excluding carboxylic acids is 2. The minimum absolute atomic E-state index is 0.00854. The molecule has 0 radical (unpaired) electrons. The predicted molar refractivity (Wildman–Crippen MR) is 111 cm³/mol. The Kier molecular flexibility index (Phi) is 9.96. The maximum Gasteiger partial charge on any atom is 0.319 e. The minimum Gasteiger partial charge on any atom is -0.490 e. The van der Waals surface area contributed by atoms with Crippen molar-refractivity contribution in [2.24, 2.45) is 5.92 Å². The van der Waals surface area contributed by atoms with Gasteiger partial charge in [0, 0.05) is 13.1 Å². The van der Waals surface area contributed by atoms with Crippen LogP contribution in [0, 0.1) is 11.7 Å². The third kappa shape index (κ3) is 8.43. The van der Waals surface area contributed by atoms with E-state index in [1.54, 1.807) is 18.2 Å². The molecule has 0 aromatic heterocycles. The highest BCUT2D eigenvalue weighted by Crippen LogP contribution is 2.31. The molecule has 0 heterocycles. The molecule has 1 fully saturated rings. The van der Waals surface area contributed by atoms with Crippen LogP contribution in [0.15, 0.2) is 29.7 Å². The van der Waals surface area contributed by atoms with E-state index in [1.165, 1.54) is 30.0 Å². The van der Waals surface area contributed by atoms with E-state index in [4.69, 9.17) is 9.47 Å². The first kappa shape index (κ1) is 23.2. The zero-order valence-corrected chi connectivity index (χ0v) is 17.5. The van der Waals surface area contributed by atoms with Gasteiger partial charge in [-0.2, -0.15) is 0 Å². The van der Waals surface area contributed by atoms with Gasteiger partial charge in [-0.15, -0.1) is 0 Å². The summed E-state index contributed by atoms with van der Waals surface area (Å²) < 4.78 is 28.1. The molecule has 1 aliphatic carbocycles. The van der Waals surface area contributed by atoms with E-state index in [0.29, 0.717) is 31.2 Å². The number of amides is 2. The van der Waals surface area contributed by atoms with Crippen LogP contribution in [0.3, 0.4) is 0 Å². The van der Waals surface area contributed by atoms with Crippen LogP contribution in [-0.2, 0) is 9.53 Å². The van der Waals surface area contributed by atoms with Crippen LogP contribution in [-0.4, -0.2) is 50.8 Å². The number of rotatable bonds is 13. The summed E-state index contributed by atoms with van der Waals surface area (Å²) in [4.78, 5) is 23.3. The van der Waals surface area contributed by atoms with Gasteiger partial charge in [0.05, 0.1) is 19.8 Å². The van der Waals surface area contributed by atoms with Crippen molar-refractivity contribution in [1.82, 2.24) is 14.9 Å². The van der Waals surface area contributed by atoms with Gasteiger partial charge in [-0.1, -0.05) is 24.1 Å². The molecule has 2 amide bonds. The minimum atomic E-state index is -0.370. The lowest BCUT2D eigenvalue weighted by Gasteiger charge is -2.18. The van der Waals surface area contributed by atoms with Crippen LogP contribution < -0.4 is 14.8 Å². The van der Waals surface area contributed by atoms with Crippen molar-refractivity contribution in [3.8, 4) is 5.75 Å². The van der Waals surface area contributed by atoms with Gasteiger partial charge >= 0.3 is 6.03 Å². The van der Waals surface area contributed by atoms with Crippen LogP contribution in [0.2, 0.25) is 0 Å². The number of nitrogens with one attached hydrogen (secondary N) is 2. The van der Waals surface area contributed by atoms with E-state index in [9.17, 15) is 14.0 Å². The second-order valence-corrected chi connectivity index (χ2v) is 7.46. The first-order valence-corrected chi connectivity index (χ1v) is 10.4. The number of nitrogens with zero attached hydrogens (tertiary/aromatic N) is 1. The first-order chi connectivity index (χ1) is 14.0. The molecular weight excluding hydrogens is 397 g/mol. The molecule has 9 heteroatoms. The van der Waals surface area contributed by atoms with Crippen molar-refractivity contribution in [3.05, 3.63) is 41.1 Å². The quantitative estimate of drug-likeness (QED) is 0.219. The molecular formula is C20H28FN3O4S. The maximum atomic E-state index is 13.9. The van der Waals surface area contributed by atoms with Gasteiger partial charge in [0.1, 0.15) is 13.0 Å². The summed E-state index contributed by atoms with van der Waals surface area (Å²) in [6, 6.07) is 4.53. The number of hydrogen-bond donors (Lipinski definition) is 2. The van der Waals surface area contributed by atoms with E-state index in [0.717, 1.165) is 18.4 Å². The molecule has 0 bridgehead atoms. The lowest BCUT2D eigenvalue weighted by atomic mass is 10.1. The molecule has 160 valence electrons. The fraction of sp³-hybridized carbons (Fsp3) is 0.500. The third-order valence-electron chi connectivity index (χ3n) is 4.29. The van der Waals surface area contributed by atoms with Crippen LogP contribution in [0.1, 0.15) is 31.4 Å². The van der Waals surface area contributed by atoms with Crippen LogP contribution >= 0.6 is 11.9 Å². The van der Waals surface area contributed by atoms with Crippen molar-refractivity contribution in [1.29, 1.82) is 0 Å². The monoisotopic (exact) mass is 425 g/mol. The number of carbonyl (C=O) groups is 2. The van der Waals surface area contributed by atoms with Gasteiger partial charge in [0.15, 0.2) is 11.6 Å². The van der Waals surface area contributed by atoms with Gasteiger partial charge in [-0.25, -0.2) is 9.18 Å². The van der Waals surface area contributed by atoms with Gasteiger partial charge < -0.3 is 19.6 Å². The van der Waals surface area contributed by atoms with E-state index < -0.39 is 0 Å². The molecule has 1 aliphatic rings. The summed E-state index contributed by atoms with van der Waals surface area (Å²) in [5.41, 5.74) is 0.935. The Morgan fingerprint density at radius 1 is 1.45 bits per heavy atom. The molecule has 7 nitrogen and oxygen atoms in total. The Morgan fingerprint density at radius 3 is 2.93 bits per heavy atom. The smallest absolute Gasteiger partial charge is 0.319 e. The van der Waals surface area contributed by atoms with Crippen molar-refractivity contribution >= 4 is 24.3 Å². The molecule has 1 unspecified atom stereocenters. The zero-order valence-electron chi connectivity index (χ0n) is 16.7. The van der Waals surface area contributed by atoms with Gasteiger partial charge in [-0.3, -0.25) is 9.62 Å². The molecule has 29 heavy (non-hydrogen) atoms. The lowest BCUT2D eigenvalue weighted by Crippen LogP contribution is -2.40. The van der Waals surface area contributed by atoms with E-state index >= 15 is 0 Å². The Hall–Kier alpha value is -2.10. The van der Waals surface area contributed by atoms with E-state index in [-0.39, 0.29) is 31.2 Å². The van der Waals surface area contributed by atoms with Gasteiger partial charge in [0.2, 0.25) is 0 Å². The molecule has 0 aliphatic heterocycles. The number of urea groups is 1. The summed E-state index contributed by atoms with van der Waals surface area (Å²) in [7, 11) is 1.49. The SMILES string of the molecule is CNC(=O)N(CC=O)COC/C=C/SNC(C)c1ccc(F)c(OCC2CC2)c1. The van der Waals surface area contributed by atoms with E-state index in [2.05, 4.69) is 10.0 Å². The topological polar surface area (TPSA) is 79.9 Å². The first-order valence-electron chi connectivity index (χ1n) is 9.51. The van der Waals surface area contributed by atoms with E-state index in [1.807, 2.05) is 12.3 Å². The molecule has 2 rings (SSSR count). The molecule has 1 aromatic carbocycles. The Morgan fingerprint density at radius 2 is 2.24 bits per heavy atom. The number of halogens is 1. The fourth-order valence-electron chi connectivity index (χ4n) is 2.36. The predicted octanol–water partition coefficient (Wildman–Crippen LogP) is 3.24. The molecule has 1 atom stereocenters. The Labute approximate surface area is 175 Å². The molecule has 0 saturated heterocycles. The zero-order chi connectivity index (χ0) is 21.1.